The van der Waals surface area contributed by atoms with Crippen LogP contribution in [0.4, 0.5) is 5.69 Å². The van der Waals surface area contributed by atoms with Crippen molar-refractivity contribution in [3.63, 3.8) is 0 Å². The minimum absolute atomic E-state index is 0.150. The van der Waals surface area contributed by atoms with Gasteiger partial charge in [0.2, 0.25) is 0 Å². The van der Waals surface area contributed by atoms with Crippen LogP contribution in [-0.4, -0.2) is 42.7 Å². The van der Waals surface area contributed by atoms with E-state index in [9.17, 15) is 4.79 Å². The van der Waals surface area contributed by atoms with Crippen LogP contribution in [0.5, 0.6) is 0 Å². The van der Waals surface area contributed by atoms with Crippen LogP contribution < -0.4 is 10.6 Å². The zero-order valence-electron chi connectivity index (χ0n) is 13.0. The second-order valence-corrected chi connectivity index (χ2v) is 5.67. The normalized spacial score (nSPS) is 18.0. The van der Waals surface area contributed by atoms with Crippen molar-refractivity contribution in [3.8, 4) is 0 Å². The van der Waals surface area contributed by atoms with E-state index in [0.29, 0.717) is 29.7 Å². The zero-order valence-corrected chi connectivity index (χ0v) is 13.0. The van der Waals surface area contributed by atoms with Crippen LogP contribution in [0.1, 0.15) is 48.9 Å². The van der Waals surface area contributed by atoms with Crippen molar-refractivity contribution in [2.45, 2.75) is 32.6 Å². The fourth-order valence-corrected chi connectivity index (χ4v) is 2.31. The van der Waals surface area contributed by atoms with Gasteiger partial charge >= 0.3 is 0 Å². The van der Waals surface area contributed by atoms with Crippen LogP contribution in [0.3, 0.4) is 0 Å². The molecule has 1 unspecified atom stereocenters. The van der Waals surface area contributed by atoms with Gasteiger partial charge in [-0.15, -0.1) is 0 Å². The van der Waals surface area contributed by atoms with Gasteiger partial charge in [-0.2, -0.15) is 0 Å². The lowest BCUT2D eigenvalue weighted by Gasteiger charge is -2.12. The third kappa shape index (κ3) is 4.14. The molecule has 1 aromatic heterocycles. The van der Waals surface area contributed by atoms with Crippen LogP contribution in [0, 0.1) is 5.92 Å². The Morgan fingerprint density at radius 1 is 1.52 bits per heavy atom. The van der Waals surface area contributed by atoms with Crippen molar-refractivity contribution in [2.75, 3.05) is 32.1 Å². The van der Waals surface area contributed by atoms with Gasteiger partial charge in [-0.1, -0.05) is 13.8 Å². The zero-order chi connectivity index (χ0) is 15.2. The Labute approximate surface area is 125 Å². The molecular weight excluding hydrogens is 268 g/mol. The number of ether oxygens (including phenoxy) is 1. The summed E-state index contributed by atoms with van der Waals surface area (Å²) in [5, 5.41) is 5.91. The number of rotatable bonds is 6. The number of nitrogens with zero attached hydrogens (tertiary/aromatic N) is 2. The third-order valence-corrected chi connectivity index (χ3v) is 3.67. The molecule has 2 N–H and O–H groups in total. The van der Waals surface area contributed by atoms with Gasteiger partial charge in [-0.3, -0.25) is 4.79 Å². The number of nitrogens with one attached hydrogen (secondary N) is 2. The fraction of sp³-hybridized carbons (Fsp3) is 0.667. The number of amides is 1. The van der Waals surface area contributed by atoms with E-state index >= 15 is 0 Å². The van der Waals surface area contributed by atoms with Gasteiger partial charge in [-0.05, 0) is 18.8 Å². The van der Waals surface area contributed by atoms with Crippen molar-refractivity contribution < 1.29 is 9.53 Å². The molecule has 0 spiro atoms. The number of carbonyl (C=O) groups excluding carboxylic acids is 1. The highest BCUT2D eigenvalue weighted by Gasteiger charge is 2.18. The Morgan fingerprint density at radius 2 is 2.33 bits per heavy atom. The van der Waals surface area contributed by atoms with Crippen molar-refractivity contribution in [1.29, 1.82) is 0 Å². The Morgan fingerprint density at radius 3 is 2.95 bits per heavy atom. The number of hydrogen-bond acceptors (Lipinski definition) is 5. The smallest absolute Gasteiger partial charge is 0.272 e. The van der Waals surface area contributed by atoms with E-state index in [2.05, 4.69) is 20.6 Å². The molecule has 0 aliphatic carbocycles. The van der Waals surface area contributed by atoms with Gasteiger partial charge in [-0.25, -0.2) is 9.97 Å². The van der Waals surface area contributed by atoms with Gasteiger partial charge < -0.3 is 15.4 Å². The summed E-state index contributed by atoms with van der Waals surface area (Å²) in [4.78, 5) is 20.9. The summed E-state index contributed by atoms with van der Waals surface area (Å²) in [6, 6.07) is 0. The maximum atomic E-state index is 12.3. The van der Waals surface area contributed by atoms with Crippen LogP contribution in [-0.2, 0) is 4.74 Å². The number of aromatic nitrogens is 2. The van der Waals surface area contributed by atoms with Crippen LogP contribution in [0.15, 0.2) is 6.20 Å². The van der Waals surface area contributed by atoms with Crippen LogP contribution in [0.2, 0.25) is 0 Å². The Balaban J connectivity index is 1.97. The predicted octanol–water partition coefficient (Wildman–Crippen LogP) is 1.80. The molecule has 1 fully saturated rings. The fourth-order valence-electron chi connectivity index (χ4n) is 2.31. The average molecular weight is 292 g/mol. The molecule has 2 heterocycles. The molecule has 1 atom stereocenters. The highest BCUT2D eigenvalue weighted by Crippen LogP contribution is 2.17. The highest BCUT2D eigenvalue weighted by molar-refractivity contribution is 5.97. The molecule has 6 heteroatoms. The molecule has 1 aliphatic rings. The highest BCUT2D eigenvalue weighted by atomic mass is 16.5. The van der Waals surface area contributed by atoms with Crippen molar-refractivity contribution in [3.05, 3.63) is 17.7 Å². The minimum atomic E-state index is -0.150. The molecule has 21 heavy (non-hydrogen) atoms. The summed E-state index contributed by atoms with van der Waals surface area (Å²) in [5.41, 5.74) is 1.07. The minimum Gasteiger partial charge on any atom is -0.385 e. The molecule has 0 bridgehead atoms. The number of carbonyl (C=O) groups is 1. The van der Waals surface area contributed by atoms with E-state index in [4.69, 9.17) is 4.74 Å². The monoisotopic (exact) mass is 292 g/mol. The lowest BCUT2D eigenvalue weighted by molar-refractivity contribution is 0.0946. The lowest BCUT2D eigenvalue weighted by atomic mass is 10.1. The van der Waals surface area contributed by atoms with Crippen LogP contribution >= 0.6 is 0 Å². The molecule has 116 valence electrons. The van der Waals surface area contributed by atoms with E-state index in [-0.39, 0.29) is 11.8 Å². The first-order valence-corrected chi connectivity index (χ1v) is 7.52. The quantitative estimate of drug-likeness (QED) is 0.836. The molecule has 1 aliphatic heterocycles. The molecular formula is C15H24N4O2. The molecule has 1 aromatic rings. The largest absolute Gasteiger partial charge is 0.385 e. The third-order valence-electron chi connectivity index (χ3n) is 3.67. The Bertz CT molecular complexity index is 485. The Kier molecular flexibility index (Phi) is 5.50. The predicted molar refractivity (Wildman–Crippen MR) is 81.5 cm³/mol. The van der Waals surface area contributed by atoms with Gasteiger partial charge in [0, 0.05) is 32.7 Å². The summed E-state index contributed by atoms with van der Waals surface area (Å²) >= 11 is 0. The standard InChI is InChI=1S/C15H24N4O2/c1-10(2)14-18-8-12(16-3)13(19-14)15(20)17-6-4-11-5-7-21-9-11/h8,10-11,16H,4-7,9H2,1-3H3,(H,17,20). The summed E-state index contributed by atoms with van der Waals surface area (Å²) < 4.78 is 5.33. The van der Waals surface area contributed by atoms with Crippen molar-refractivity contribution >= 4 is 11.6 Å². The van der Waals surface area contributed by atoms with Gasteiger partial charge in [0.15, 0.2) is 5.69 Å². The lowest BCUT2D eigenvalue weighted by Crippen LogP contribution is -2.28. The Hall–Kier alpha value is -1.69. The molecule has 0 saturated carbocycles. The van der Waals surface area contributed by atoms with Gasteiger partial charge in [0.05, 0.1) is 11.9 Å². The maximum Gasteiger partial charge on any atom is 0.272 e. The second-order valence-electron chi connectivity index (χ2n) is 5.67. The number of anilines is 1. The first-order valence-electron chi connectivity index (χ1n) is 7.52. The summed E-state index contributed by atoms with van der Waals surface area (Å²) in [6.45, 7) is 6.32. The van der Waals surface area contributed by atoms with Crippen LogP contribution in [0.25, 0.3) is 0 Å². The van der Waals surface area contributed by atoms with Crippen molar-refractivity contribution in [1.82, 2.24) is 15.3 Å². The van der Waals surface area contributed by atoms with E-state index in [1.165, 1.54) is 0 Å². The van der Waals surface area contributed by atoms with E-state index in [1.807, 2.05) is 13.8 Å². The topological polar surface area (TPSA) is 76.1 Å². The average Bonchev–Trinajstić information content (AvgIpc) is 2.99. The van der Waals surface area contributed by atoms with E-state index in [1.54, 1.807) is 13.2 Å². The van der Waals surface area contributed by atoms with E-state index < -0.39 is 0 Å². The van der Waals surface area contributed by atoms with Gasteiger partial charge in [0.25, 0.3) is 5.91 Å². The first-order chi connectivity index (χ1) is 10.1. The SMILES string of the molecule is CNc1cnc(C(C)C)nc1C(=O)NCCC1CCOC1. The first kappa shape index (κ1) is 15.7. The van der Waals surface area contributed by atoms with Crippen molar-refractivity contribution in [2.24, 2.45) is 5.92 Å². The molecule has 1 saturated heterocycles. The van der Waals surface area contributed by atoms with Gasteiger partial charge in [0.1, 0.15) is 5.82 Å². The molecule has 6 nitrogen and oxygen atoms in total. The summed E-state index contributed by atoms with van der Waals surface area (Å²) in [5.74, 6) is 1.29. The molecule has 0 aromatic carbocycles. The summed E-state index contributed by atoms with van der Waals surface area (Å²) in [7, 11) is 1.76. The second kappa shape index (κ2) is 7.36. The molecule has 0 radical (unpaired) electrons. The molecule has 2 rings (SSSR count). The maximum absolute atomic E-state index is 12.3. The number of hydrogen-bond donors (Lipinski definition) is 2. The molecule has 1 amide bonds. The summed E-state index contributed by atoms with van der Waals surface area (Å²) in [6.07, 6.45) is 3.70. The van der Waals surface area contributed by atoms with E-state index in [0.717, 1.165) is 26.1 Å².